The predicted octanol–water partition coefficient (Wildman–Crippen LogP) is 3.06. The van der Waals surface area contributed by atoms with Crippen molar-refractivity contribution in [2.24, 2.45) is 0 Å². The summed E-state index contributed by atoms with van der Waals surface area (Å²) in [5, 5.41) is 7.20. The molecule has 0 spiro atoms. The number of anilines is 1. The van der Waals surface area contributed by atoms with E-state index < -0.39 is 0 Å². The molecule has 20 heavy (non-hydrogen) atoms. The van der Waals surface area contributed by atoms with Gasteiger partial charge in [0.2, 0.25) is 0 Å². The third-order valence-electron chi connectivity index (χ3n) is 2.82. The van der Waals surface area contributed by atoms with Crippen molar-refractivity contribution in [3.63, 3.8) is 0 Å². The number of aromatic nitrogens is 2. The first-order chi connectivity index (χ1) is 9.61. The van der Waals surface area contributed by atoms with Gasteiger partial charge in [-0.3, -0.25) is 4.79 Å². The van der Waals surface area contributed by atoms with Crippen LogP contribution in [0, 0.1) is 5.82 Å². The van der Waals surface area contributed by atoms with Crippen LogP contribution in [0.2, 0.25) is 5.02 Å². The minimum Gasteiger partial charge on any atom is -0.378 e. The van der Waals surface area contributed by atoms with Crippen molar-refractivity contribution >= 4 is 17.3 Å². The Hall–Kier alpha value is -1.88. The zero-order chi connectivity index (χ0) is 14.5. The summed E-state index contributed by atoms with van der Waals surface area (Å²) >= 11 is 6.03. The number of halogens is 2. The summed E-state index contributed by atoms with van der Waals surface area (Å²) in [6, 6.07) is 6.11. The predicted molar refractivity (Wildman–Crippen MR) is 77.5 cm³/mol. The molecule has 0 unspecified atom stereocenters. The molecule has 2 aromatic rings. The highest BCUT2D eigenvalue weighted by atomic mass is 35.5. The SMILES string of the molecule is CCCn1ncc(NCc2ccc(F)cc2)c(Cl)c1=O. The Morgan fingerprint density at radius 2 is 2.05 bits per heavy atom. The minimum atomic E-state index is -0.308. The van der Waals surface area contributed by atoms with E-state index in [1.165, 1.54) is 23.0 Å². The van der Waals surface area contributed by atoms with Crippen LogP contribution in [-0.4, -0.2) is 9.78 Å². The van der Waals surface area contributed by atoms with E-state index in [4.69, 9.17) is 11.6 Å². The van der Waals surface area contributed by atoms with Gasteiger partial charge in [0.15, 0.2) is 0 Å². The number of aryl methyl sites for hydroxylation is 1. The van der Waals surface area contributed by atoms with Crippen LogP contribution in [0.4, 0.5) is 10.1 Å². The van der Waals surface area contributed by atoms with Crippen LogP contribution in [0.5, 0.6) is 0 Å². The molecular formula is C14H15ClFN3O. The monoisotopic (exact) mass is 295 g/mol. The fraction of sp³-hybridized carbons (Fsp3) is 0.286. The van der Waals surface area contributed by atoms with E-state index in [1.54, 1.807) is 12.1 Å². The lowest BCUT2D eigenvalue weighted by molar-refractivity contribution is 0.568. The Balaban J connectivity index is 2.12. The van der Waals surface area contributed by atoms with Crippen LogP contribution < -0.4 is 10.9 Å². The van der Waals surface area contributed by atoms with E-state index >= 15 is 0 Å². The van der Waals surface area contributed by atoms with Crippen molar-refractivity contribution in [1.82, 2.24) is 9.78 Å². The molecule has 6 heteroatoms. The van der Waals surface area contributed by atoms with Gasteiger partial charge in [0, 0.05) is 13.1 Å². The smallest absolute Gasteiger partial charge is 0.287 e. The molecule has 0 aliphatic rings. The van der Waals surface area contributed by atoms with Crippen LogP contribution in [0.25, 0.3) is 0 Å². The summed E-state index contributed by atoms with van der Waals surface area (Å²) in [4.78, 5) is 11.9. The normalized spacial score (nSPS) is 10.6. The Labute approximate surface area is 121 Å². The molecule has 0 saturated heterocycles. The van der Waals surface area contributed by atoms with Crippen LogP contribution in [0.1, 0.15) is 18.9 Å². The Morgan fingerprint density at radius 3 is 2.70 bits per heavy atom. The van der Waals surface area contributed by atoms with E-state index in [0.29, 0.717) is 18.8 Å². The topological polar surface area (TPSA) is 46.9 Å². The second kappa shape index (κ2) is 6.52. The quantitative estimate of drug-likeness (QED) is 0.922. The van der Waals surface area contributed by atoms with Crippen molar-refractivity contribution in [3.8, 4) is 0 Å². The number of hydrogen-bond donors (Lipinski definition) is 1. The summed E-state index contributed by atoms with van der Waals surface area (Å²) in [5.74, 6) is -0.282. The molecule has 0 amide bonds. The van der Waals surface area contributed by atoms with Gasteiger partial charge in [0.05, 0.1) is 11.9 Å². The van der Waals surface area contributed by atoms with E-state index in [-0.39, 0.29) is 16.4 Å². The maximum atomic E-state index is 12.8. The summed E-state index contributed by atoms with van der Waals surface area (Å²) in [6.45, 7) is 2.94. The van der Waals surface area contributed by atoms with Crippen LogP contribution in [0.15, 0.2) is 35.3 Å². The number of nitrogens with one attached hydrogen (secondary N) is 1. The molecular weight excluding hydrogens is 281 g/mol. The Kier molecular flexibility index (Phi) is 4.74. The molecule has 0 saturated carbocycles. The van der Waals surface area contributed by atoms with Crippen LogP contribution in [0.3, 0.4) is 0 Å². The van der Waals surface area contributed by atoms with E-state index in [9.17, 15) is 9.18 Å². The highest BCUT2D eigenvalue weighted by Gasteiger charge is 2.08. The largest absolute Gasteiger partial charge is 0.378 e. The second-order valence-electron chi connectivity index (χ2n) is 4.38. The standard InChI is InChI=1S/C14H15ClFN3O/c1-2-7-19-14(20)13(15)12(9-18-19)17-8-10-3-5-11(16)6-4-10/h3-6,9,17H,2,7-8H2,1H3. The van der Waals surface area contributed by atoms with Gasteiger partial charge in [-0.15, -0.1) is 0 Å². The molecule has 0 atom stereocenters. The van der Waals surface area contributed by atoms with Crippen molar-refractivity contribution in [2.45, 2.75) is 26.4 Å². The summed E-state index contributed by atoms with van der Waals surface area (Å²) < 4.78 is 14.1. The lowest BCUT2D eigenvalue weighted by atomic mass is 10.2. The van der Waals surface area contributed by atoms with Crippen LogP contribution >= 0.6 is 11.6 Å². The van der Waals surface area contributed by atoms with E-state index in [2.05, 4.69) is 10.4 Å². The fourth-order valence-corrected chi connectivity index (χ4v) is 1.97. The molecule has 2 rings (SSSR count). The number of nitrogens with zero attached hydrogens (tertiary/aromatic N) is 2. The maximum absolute atomic E-state index is 12.8. The van der Waals surface area contributed by atoms with Crippen molar-refractivity contribution < 1.29 is 4.39 Å². The summed E-state index contributed by atoms with van der Waals surface area (Å²) in [6.07, 6.45) is 2.34. The molecule has 1 heterocycles. The summed E-state index contributed by atoms with van der Waals surface area (Å²) in [5.41, 5.74) is 1.06. The zero-order valence-corrected chi connectivity index (χ0v) is 11.8. The third-order valence-corrected chi connectivity index (χ3v) is 3.18. The van der Waals surface area contributed by atoms with Gasteiger partial charge in [-0.25, -0.2) is 9.07 Å². The van der Waals surface area contributed by atoms with Crippen LogP contribution in [-0.2, 0) is 13.1 Å². The highest BCUT2D eigenvalue weighted by Crippen LogP contribution is 2.16. The summed E-state index contributed by atoms with van der Waals surface area (Å²) in [7, 11) is 0. The third kappa shape index (κ3) is 3.36. The van der Waals surface area contributed by atoms with Gasteiger partial charge < -0.3 is 5.32 Å². The molecule has 1 N–H and O–H groups in total. The zero-order valence-electron chi connectivity index (χ0n) is 11.1. The Morgan fingerprint density at radius 1 is 1.35 bits per heavy atom. The average Bonchev–Trinajstić information content (AvgIpc) is 2.45. The van der Waals surface area contributed by atoms with Gasteiger partial charge in [-0.05, 0) is 24.1 Å². The lowest BCUT2D eigenvalue weighted by Crippen LogP contribution is -2.24. The Bertz CT molecular complexity index is 640. The molecule has 0 aliphatic heterocycles. The van der Waals surface area contributed by atoms with Gasteiger partial charge >= 0.3 is 0 Å². The van der Waals surface area contributed by atoms with Gasteiger partial charge in [0.1, 0.15) is 10.8 Å². The average molecular weight is 296 g/mol. The minimum absolute atomic E-state index is 0.121. The fourth-order valence-electron chi connectivity index (χ4n) is 1.76. The van der Waals surface area contributed by atoms with Crippen molar-refractivity contribution in [3.05, 3.63) is 57.2 Å². The molecule has 106 valence electrons. The highest BCUT2D eigenvalue weighted by molar-refractivity contribution is 6.32. The van der Waals surface area contributed by atoms with Gasteiger partial charge in [-0.2, -0.15) is 5.10 Å². The first-order valence-electron chi connectivity index (χ1n) is 6.35. The van der Waals surface area contributed by atoms with Gasteiger partial charge in [-0.1, -0.05) is 30.7 Å². The molecule has 0 aliphatic carbocycles. The van der Waals surface area contributed by atoms with E-state index in [0.717, 1.165) is 12.0 Å². The number of rotatable bonds is 5. The van der Waals surface area contributed by atoms with Crippen molar-refractivity contribution in [1.29, 1.82) is 0 Å². The number of hydrogen-bond acceptors (Lipinski definition) is 3. The number of benzene rings is 1. The molecule has 0 radical (unpaired) electrons. The first-order valence-corrected chi connectivity index (χ1v) is 6.73. The van der Waals surface area contributed by atoms with Gasteiger partial charge in [0.25, 0.3) is 5.56 Å². The molecule has 4 nitrogen and oxygen atoms in total. The van der Waals surface area contributed by atoms with E-state index in [1.807, 2.05) is 6.92 Å². The first kappa shape index (κ1) is 14.5. The maximum Gasteiger partial charge on any atom is 0.287 e. The second-order valence-corrected chi connectivity index (χ2v) is 4.76. The molecule has 1 aromatic heterocycles. The lowest BCUT2D eigenvalue weighted by Gasteiger charge is -2.09. The molecule has 0 fully saturated rings. The molecule has 0 bridgehead atoms. The van der Waals surface area contributed by atoms with Crippen molar-refractivity contribution in [2.75, 3.05) is 5.32 Å². The molecule has 1 aromatic carbocycles.